The molecule has 0 spiro atoms. The molecule has 146 valence electrons. The van der Waals surface area contributed by atoms with E-state index in [4.69, 9.17) is 9.84 Å². The van der Waals surface area contributed by atoms with Gasteiger partial charge in [0.15, 0.2) is 6.10 Å². The smallest absolute Gasteiger partial charge is 0.332 e. The fraction of sp³-hybridized carbons (Fsp3) is 0.526. The minimum absolute atomic E-state index is 0.104. The maximum atomic E-state index is 12.3. The van der Waals surface area contributed by atoms with Crippen LogP contribution < -0.4 is 10.6 Å². The molecule has 2 heterocycles. The second-order valence-electron chi connectivity index (χ2n) is 6.93. The van der Waals surface area contributed by atoms with Gasteiger partial charge in [-0.25, -0.2) is 9.59 Å². The quantitative estimate of drug-likeness (QED) is 0.750. The fourth-order valence-corrected chi connectivity index (χ4v) is 3.35. The molecule has 2 saturated heterocycles. The Kier molecular flexibility index (Phi) is 6.28. The molecule has 0 saturated carbocycles. The van der Waals surface area contributed by atoms with Gasteiger partial charge in [0.25, 0.3) is 5.91 Å². The normalized spacial score (nSPS) is 22.7. The zero-order valence-electron chi connectivity index (χ0n) is 15.1. The number of hydrogen-bond acceptors (Lipinski definition) is 4. The average Bonchev–Trinajstić information content (AvgIpc) is 3.00. The Bertz CT molecular complexity index is 683. The molecule has 3 N–H and O–H groups in total. The van der Waals surface area contributed by atoms with E-state index >= 15 is 0 Å². The van der Waals surface area contributed by atoms with Gasteiger partial charge in [-0.2, -0.15) is 0 Å². The van der Waals surface area contributed by atoms with Crippen LogP contribution in [0, 0.1) is 0 Å². The third-order valence-electron chi connectivity index (χ3n) is 4.88. The summed E-state index contributed by atoms with van der Waals surface area (Å²) < 4.78 is 5.24. The summed E-state index contributed by atoms with van der Waals surface area (Å²) in [6.07, 6.45) is 3.42. The van der Waals surface area contributed by atoms with E-state index in [9.17, 15) is 14.4 Å². The number of carboxylic acid groups (broad SMARTS) is 1. The number of hydrogen-bond donors (Lipinski definition) is 3. The van der Waals surface area contributed by atoms with E-state index in [-0.39, 0.29) is 11.9 Å². The van der Waals surface area contributed by atoms with Crippen molar-refractivity contribution >= 4 is 29.3 Å². The van der Waals surface area contributed by atoms with E-state index in [1.807, 2.05) is 4.90 Å². The van der Waals surface area contributed by atoms with Crippen LogP contribution >= 0.6 is 0 Å². The van der Waals surface area contributed by atoms with Crippen molar-refractivity contribution in [2.24, 2.45) is 0 Å². The van der Waals surface area contributed by atoms with Crippen molar-refractivity contribution in [3.8, 4) is 0 Å². The highest BCUT2D eigenvalue weighted by Crippen LogP contribution is 2.22. The van der Waals surface area contributed by atoms with Crippen LogP contribution in [0.5, 0.6) is 0 Å². The Labute approximate surface area is 157 Å². The van der Waals surface area contributed by atoms with Crippen molar-refractivity contribution in [1.29, 1.82) is 0 Å². The van der Waals surface area contributed by atoms with E-state index in [0.717, 1.165) is 38.8 Å². The molecular formula is C19H25N3O5. The van der Waals surface area contributed by atoms with Crippen LogP contribution in [0.2, 0.25) is 0 Å². The first-order valence-corrected chi connectivity index (χ1v) is 9.38. The van der Waals surface area contributed by atoms with Gasteiger partial charge in [0, 0.05) is 24.5 Å². The van der Waals surface area contributed by atoms with E-state index in [0.29, 0.717) is 24.2 Å². The Morgan fingerprint density at radius 1 is 0.889 bits per heavy atom. The van der Waals surface area contributed by atoms with Gasteiger partial charge in [-0.1, -0.05) is 12.8 Å². The van der Waals surface area contributed by atoms with E-state index in [1.54, 1.807) is 24.3 Å². The largest absolute Gasteiger partial charge is 0.479 e. The fourth-order valence-electron chi connectivity index (χ4n) is 3.35. The lowest BCUT2D eigenvalue weighted by Gasteiger charge is -2.20. The Hall–Kier alpha value is -2.61. The molecule has 2 fully saturated rings. The SMILES string of the molecule is O=C(Nc1ccc(NC(=O)N2CCCCCC2)cc1)[C@@H]1CC[C@H](C(=O)O)O1. The summed E-state index contributed by atoms with van der Waals surface area (Å²) in [4.78, 5) is 37.2. The molecule has 3 amide bonds. The van der Waals surface area contributed by atoms with Crippen LogP contribution in [-0.2, 0) is 14.3 Å². The average molecular weight is 375 g/mol. The number of carboxylic acids is 1. The van der Waals surface area contributed by atoms with Gasteiger partial charge in [0.2, 0.25) is 0 Å². The number of carbonyl (C=O) groups is 3. The van der Waals surface area contributed by atoms with Gasteiger partial charge in [0.05, 0.1) is 0 Å². The number of nitrogens with zero attached hydrogens (tertiary/aromatic N) is 1. The molecule has 2 aliphatic rings. The summed E-state index contributed by atoms with van der Waals surface area (Å²) in [5.41, 5.74) is 1.22. The van der Waals surface area contributed by atoms with Crippen molar-refractivity contribution in [3.05, 3.63) is 24.3 Å². The molecule has 0 bridgehead atoms. The molecule has 0 aromatic heterocycles. The van der Waals surface area contributed by atoms with Gasteiger partial charge in [0.1, 0.15) is 6.10 Å². The summed E-state index contributed by atoms with van der Waals surface area (Å²) in [6, 6.07) is 6.73. The van der Waals surface area contributed by atoms with Gasteiger partial charge in [-0.15, -0.1) is 0 Å². The second-order valence-corrected chi connectivity index (χ2v) is 6.93. The summed E-state index contributed by atoms with van der Waals surface area (Å²) in [7, 11) is 0. The number of carbonyl (C=O) groups excluding carboxylic acids is 2. The number of aliphatic carboxylic acids is 1. The first kappa shape index (κ1) is 19.2. The molecule has 1 aromatic carbocycles. The Balaban J connectivity index is 1.50. The monoisotopic (exact) mass is 375 g/mol. The van der Waals surface area contributed by atoms with Crippen molar-refractivity contribution in [3.63, 3.8) is 0 Å². The lowest BCUT2D eigenvalue weighted by molar-refractivity contribution is -0.150. The van der Waals surface area contributed by atoms with Crippen LogP contribution in [0.1, 0.15) is 38.5 Å². The minimum Gasteiger partial charge on any atom is -0.479 e. The molecule has 0 radical (unpaired) electrons. The molecule has 27 heavy (non-hydrogen) atoms. The second kappa shape index (κ2) is 8.85. The highest BCUT2D eigenvalue weighted by Gasteiger charge is 2.34. The molecule has 3 rings (SSSR count). The van der Waals surface area contributed by atoms with Gasteiger partial charge < -0.3 is 25.4 Å². The molecule has 2 aliphatic heterocycles. The number of urea groups is 1. The number of amides is 3. The Morgan fingerprint density at radius 2 is 1.44 bits per heavy atom. The molecule has 8 nitrogen and oxygen atoms in total. The van der Waals surface area contributed by atoms with Gasteiger partial charge in [-0.05, 0) is 49.9 Å². The highest BCUT2D eigenvalue weighted by molar-refractivity contribution is 5.95. The first-order chi connectivity index (χ1) is 13.0. The summed E-state index contributed by atoms with van der Waals surface area (Å²) in [5.74, 6) is -1.41. The van der Waals surface area contributed by atoms with Crippen LogP contribution in [0.3, 0.4) is 0 Å². The molecule has 2 atom stereocenters. The van der Waals surface area contributed by atoms with E-state index in [2.05, 4.69) is 10.6 Å². The predicted molar refractivity (Wildman–Crippen MR) is 99.7 cm³/mol. The van der Waals surface area contributed by atoms with Crippen molar-refractivity contribution in [2.45, 2.75) is 50.7 Å². The van der Waals surface area contributed by atoms with Crippen LogP contribution in [0.25, 0.3) is 0 Å². The third kappa shape index (κ3) is 5.19. The van der Waals surface area contributed by atoms with Crippen LogP contribution in [-0.4, -0.2) is 53.2 Å². The minimum atomic E-state index is -1.05. The maximum Gasteiger partial charge on any atom is 0.332 e. The van der Waals surface area contributed by atoms with Crippen LogP contribution in [0.15, 0.2) is 24.3 Å². The lowest BCUT2D eigenvalue weighted by Crippen LogP contribution is -2.35. The van der Waals surface area contributed by atoms with Crippen molar-refractivity contribution in [2.75, 3.05) is 23.7 Å². The van der Waals surface area contributed by atoms with Gasteiger partial charge >= 0.3 is 12.0 Å². The first-order valence-electron chi connectivity index (χ1n) is 9.38. The van der Waals surface area contributed by atoms with E-state index in [1.165, 1.54) is 0 Å². The molecule has 8 heteroatoms. The number of rotatable bonds is 4. The standard InChI is InChI=1S/C19H25N3O5/c23-17(15-9-10-16(27-15)18(24)25)20-13-5-7-14(8-6-13)21-19(26)22-11-3-1-2-4-12-22/h5-8,15-16H,1-4,9-12H2,(H,20,23)(H,21,26)(H,24,25)/t15-,16+/m0/s1. The van der Waals surface area contributed by atoms with E-state index < -0.39 is 18.2 Å². The number of likely N-dealkylation sites (tertiary alicyclic amines) is 1. The molecule has 0 unspecified atom stereocenters. The van der Waals surface area contributed by atoms with Gasteiger partial charge in [-0.3, -0.25) is 4.79 Å². The number of benzene rings is 1. The summed E-state index contributed by atoms with van der Waals surface area (Å²) in [5, 5.41) is 14.5. The zero-order valence-corrected chi connectivity index (χ0v) is 15.1. The van der Waals surface area contributed by atoms with Crippen molar-refractivity contribution < 1.29 is 24.2 Å². The third-order valence-corrected chi connectivity index (χ3v) is 4.88. The lowest BCUT2D eigenvalue weighted by atomic mass is 10.2. The highest BCUT2D eigenvalue weighted by atomic mass is 16.5. The molecule has 0 aliphatic carbocycles. The molecule has 1 aromatic rings. The van der Waals surface area contributed by atoms with Crippen LogP contribution in [0.4, 0.5) is 16.2 Å². The zero-order chi connectivity index (χ0) is 19.2. The molecular weight excluding hydrogens is 350 g/mol. The van der Waals surface area contributed by atoms with Crippen molar-refractivity contribution in [1.82, 2.24) is 4.90 Å². The Morgan fingerprint density at radius 3 is 2.00 bits per heavy atom. The predicted octanol–water partition coefficient (Wildman–Crippen LogP) is 2.67. The number of nitrogens with one attached hydrogen (secondary N) is 2. The number of anilines is 2. The topological polar surface area (TPSA) is 108 Å². The maximum absolute atomic E-state index is 12.3. The summed E-state index contributed by atoms with van der Waals surface area (Å²) >= 11 is 0. The number of ether oxygens (including phenoxy) is 1. The summed E-state index contributed by atoms with van der Waals surface area (Å²) in [6.45, 7) is 1.55.